The van der Waals surface area contributed by atoms with Crippen LogP contribution in [-0.4, -0.2) is 39.5 Å². The summed E-state index contributed by atoms with van der Waals surface area (Å²) < 4.78 is 16.7. The van der Waals surface area contributed by atoms with E-state index in [0.717, 1.165) is 68.3 Å². The molecule has 4 nitrogen and oxygen atoms in total. The first-order valence-corrected chi connectivity index (χ1v) is 12.1. The van der Waals surface area contributed by atoms with Crippen molar-refractivity contribution in [2.24, 2.45) is 11.8 Å². The molecule has 0 unspecified atom stereocenters. The van der Waals surface area contributed by atoms with Crippen molar-refractivity contribution >= 4 is 11.6 Å². The Morgan fingerprint density at radius 2 is 1.88 bits per heavy atom. The zero-order chi connectivity index (χ0) is 23.0. The fraction of sp³-hybridized carbons (Fsp3) is 0.556. The van der Waals surface area contributed by atoms with Crippen molar-refractivity contribution in [3.05, 3.63) is 58.6 Å². The molecule has 0 bridgehead atoms. The number of hydrogen-bond donors (Lipinski definition) is 1. The minimum atomic E-state index is -0.0392. The van der Waals surface area contributed by atoms with Crippen LogP contribution < -0.4 is 14.8 Å². The summed E-state index contributed by atoms with van der Waals surface area (Å²) in [5.41, 5.74) is 2.46. The van der Waals surface area contributed by atoms with Gasteiger partial charge in [0.1, 0.15) is 0 Å². The SMILES string of the molecule is COc1ccc(CCNCC[C@@H](Cc2ccccc2Cl)[C@H]2CCOC(C)(C)C2)cc1OC. The summed E-state index contributed by atoms with van der Waals surface area (Å²) in [6.45, 7) is 7.22. The minimum Gasteiger partial charge on any atom is -0.493 e. The molecule has 176 valence electrons. The third-order valence-electron chi connectivity index (χ3n) is 6.57. The molecule has 1 saturated heterocycles. The molecule has 3 rings (SSSR count). The summed E-state index contributed by atoms with van der Waals surface area (Å²) in [6.07, 6.45) is 5.35. The van der Waals surface area contributed by atoms with Gasteiger partial charge >= 0.3 is 0 Å². The maximum absolute atomic E-state index is 6.50. The lowest BCUT2D eigenvalue weighted by Gasteiger charge is -2.39. The highest BCUT2D eigenvalue weighted by Crippen LogP contribution is 2.37. The quantitative estimate of drug-likeness (QED) is 0.422. The molecule has 5 heteroatoms. The van der Waals surface area contributed by atoms with E-state index < -0.39 is 0 Å². The second kappa shape index (κ2) is 11.9. The predicted octanol–water partition coefficient (Wildman–Crippen LogP) is 5.94. The Balaban J connectivity index is 1.55. The zero-order valence-electron chi connectivity index (χ0n) is 20.0. The normalized spacial score (nSPS) is 18.8. The van der Waals surface area contributed by atoms with E-state index in [1.165, 1.54) is 11.1 Å². The van der Waals surface area contributed by atoms with Crippen molar-refractivity contribution in [3.8, 4) is 11.5 Å². The molecule has 0 amide bonds. The van der Waals surface area contributed by atoms with Crippen molar-refractivity contribution in [2.75, 3.05) is 33.9 Å². The molecule has 1 heterocycles. The summed E-state index contributed by atoms with van der Waals surface area (Å²) in [7, 11) is 3.34. The van der Waals surface area contributed by atoms with Gasteiger partial charge in [0.05, 0.1) is 19.8 Å². The second-order valence-corrected chi connectivity index (χ2v) is 9.80. The van der Waals surface area contributed by atoms with Crippen LogP contribution in [0.15, 0.2) is 42.5 Å². The van der Waals surface area contributed by atoms with Gasteiger partial charge in [-0.3, -0.25) is 0 Å². The highest BCUT2D eigenvalue weighted by Gasteiger charge is 2.33. The molecule has 0 aromatic heterocycles. The number of hydrogen-bond acceptors (Lipinski definition) is 4. The van der Waals surface area contributed by atoms with Gasteiger partial charge in [0.2, 0.25) is 0 Å². The molecule has 0 spiro atoms. The maximum atomic E-state index is 6.50. The van der Waals surface area contributed by atoms with E-state index in [-0.39, 0.29) is 5.60 Å². The van der Waals surface area contributed by atoms with Crippen molar-refractivity contribution in [1.29, 1.82) is 0 Å². The van der Waals surface area contributed by atoms with Gasteiger partial charge in [-0.1, -0.05) is 35.9 Å². The molecule has 2 atom stereocenters. The van der Waals surface area contributed by atoms with E-state index in [2.05, 4.69) is 43.4 Å². The van der Waals surface area contributed by atoms with Gasteiger partial charge < -0.3 is 19.5 Å². The highest BCUT2D eigenvalue weighted by atomic mass is 35.5. The van der Waals surface area contributed by atoms with E-state index >= 15 is 0 Å². The number of halogens is 1. The first-order valence-electron chi connectivity index (χ1n) is 11.7. The summed E-state index contributed by atoms with van der Waals surface area (Å²) in [5, 5.41) is 4.53. The molecule has 1 aliphatic rings. The van der Waals surface area contributed by atoms with Crippen LogP contribution in [0, 0.1) is 11.8 Å². The van der Waals surface area contributed by atoms with E-state index in [0.29, 0.717) is 11.8 Å². The number of rotatable bonds is 11. The largest absolute Gasteiger partial charge is 0.493 e. The number of methoxy groups -OCH3 is 2. The van der Waals surface area contributed by atoms with Crippen molar-refractivity contribution in [3.63, 3.8) is 0 Å². The Hall–Kier alpha value is -1.75. The molecule has 0 aliphatic carbocycles. The molecule has 0 radical (unpaired) electrons. The fourth-order valence-electron chi connectivity index (χ4n) is 4.81. The molecule has 1 N–H and O–H groups in total. The molecule has 2 aromatic carbocycles. The third kappa shape index (κ3) is 7.13. The summed E-state index contributed by atoms with van der Waals surface area (Å²) in [4.78, 5) is 0. The predicted molar refractivity (Wildman–Crippen MR) is 132 cm³/mol. The van der Waals surface area contributed by atoms with E-state index in [1.807, 2.05) is 18.2 Å². The van der Waals surface area contributed by atoms with E-state index in [4.69, 9.17) is 25.8 Å². The summed E-state index contributed by atoms with van der Waals surface area (Å²) in [5.74, 6) is 2.80. The number of nitrogens with one attached hydrogen (secondary N) is 1. The van der Waals surface area contributed by atoms with Crippen LogP contribution in [0.25, 0.3) is 0 Å². The number of benzene rings is 2. The lowest BCUT2D eigenvalue weighted by Crippen LogP contribution is -2.38. The van der Waals surface area contributed by atoms with E-state index in [9.17, 15) is 0 Å². The van der Waals surface area contributed by atoms with Gasteiger partial charge in [-0.05, 0) is 100 Å². The maximum Gasteiger partial charge on any atom is 0.160 e. The summed E-state index contributed by atoms with van der Waals surface area (Å²) in [6, 6.07) is 14.4. The van der Waals surface area contributed by atoms with Crippen molar-refractivity contribution < 1.29 is 14.2 Å². The van der Waals surface area contributed by atoms with Crippen molar-refractivity contribution in [2.45, 2.75) is 51.6 Å². The van der Waals surface area contributed by atoms with Crippen LogP contribution in [0.4, 0.5) is 0 Å². The molecular formula is C27H38ClNO3. The van der Waals surface area contributed by atoms with Crippen LogP contribution in [0.3, 0.4) is 0 Å². The lowest BCUT2D eigenvalue weighted by atomic mass is 9.75. The highest BCUT2D eigenvalue weighted by molar-refractivity contribution is 6.31. The molecule has 1 fully saturated rings. The monoisotopic (exact) mass is 459 g/mol. The Bertz CT molecular complexity index is 855. The van der Waals surface area contributed by atoms with Crippen LogP contribution in [0.2, 0.25) is 5.02 Å². The van der Waals surface area contributed by atoms with Crippen molar-refractivity contribution in [1.82, 2.24) is 5.32 Å². The van der Waals surface area contributed by atoms with Gasteiger partial charge in [0.25, 0.3) is 0 Å². The first kappa shape index (κ1) is 24.9. The first-order chi connectivity index (χ1) is 15.4. The molecule has 32 heavy (non-hydrogen) atoms. The average molecular weight is 460 g/mol. The Morgan fingerprint density at radius 3 is 2.59 bits per heavy atom. The van der Waals surface area contributed by atoms with Gasteiger partial charge in [-0.15, -0.1) is 0 Å². The van der Waals surface area contributed by atoms with Gasteiger partial charge in [-0.2, -0.15) is 0 Å². The Morgan fingerprint density at radius 1 is 1.09 bits per heavy atom. The van der Waals surface area contributed by atoms with Gasteiger partial charge in [0.15, 0.2) is 11.5 Å². The van der Waals surface area contributed by atoms with Gasteiger partial charge in [-0.25, -0.2) is 0 Å². The molecule has 1 aliphatic heterocycles. The Labute approximate surface area is 198 Å². The van der Waals surface area contributed by atoms with Crippen LogP contribution in [0.5, 0.6) is 11.5 Å². The van der Waals surface area contributed by atoms with E-state index in [1.54, 1.807) is 14.2 Å². The molecular weight excluding hydrogens is 422 g/mol. The lowest BCUT2D eigenvalue weighted by molar-refractivity contribution is -0.0830. The Kier molecular flexibility index (Phi) is 9.27. The second-order valence-electron chi connectivity index (χ2n) is 9.39. The van der Waals surface area contributed by atoms with Crippen LogP contribution in [0.1, 0.15) is 44.2 Å². The standard InChI is InChI=1S/C27H38ClNO3/c1-27(2)19-23(13-16-32-27)21(18-22-7-5-6-8-24(22)28)12-15-29-14-11-20-9-10-25(30-3)26(17-20)31-4/h5-10,17,21,23,29H,11-16,18-19H2,1-4H3/t21-,23-/m0/s1. The smallest absolute Gasteiger partial charge is 0.160 e. The molecule has 2 aromatic rings. The van der Waals surface area contributed by atoms with Crippen LogP contribution in [-0.2, 0) is 17.6 Å². The molecule has 0 saturated carbocycles. The zero-order valence-corrected chi connectivity index (χ0v) is 20.7. The average Bonchev–Trinajstić information content (AvgIpc) is 2.78. The topological polar surface area (TPSA) is 39.7 Å². The van der Waals surface area contributed by atoms with Gasteiger partial charge in [0, 0.05) is 11.6 Å². The minimum absolute atomic E-state index is 0.0392. The fourth-order valence-corrected chi connectivity index (χ4v) is 5.03. The number of ether oxygens (including phenoxy) is 3. The third-order valence-corrected chi connectivity index (χ3v) is 6.94. The summed E-state index contributed by atoms with van der Waals surface area (Å²) >= 11 is 6.50. The van der Waals surface area contributed by atoms with Crippen LogP contribution >= 0.6 is 11.6 Å².